The molecule has 3 heteroatoms. The van der Waals surface area contributed by atoms with Crippen LogP contribution in [0.5, 0.6) is 5.75 Å². The lowest BCUT2D eigenvalue weighted by atomic mass is 9.92. The maximum absolute atomic E-state index is 11.8. The van der Waals surface area contributed by atoms with Gasteiger partial charge in [-0.3, -0.25) is 9.69 Å². The lowest BCUT2D eigenvalue weighted by Gasteiger charge is -2.26. The molecule has 150 valence electrons. The van der Waals surface area contributed by atoms with Gasteiger partial charge in [0.05, 0.1) is 5.56 Å². The van der Waals surface area contributed by atoms with Gasteiger partial charge >= 0.3 is 0 Å². The molecule has 1 saturated heterocycles. The summed E-state index contributed by atoms with van der Waals surface area (Å²) in [6.07, 6.45) is 1.05. The van der Waals surface area contributed by atoms with Crippen molar-refractivity contribution in [3.05, 3.63) is 64.7 Å². The predicted octanol–water partition coefficient (Wildman–Crippen LogP) is 5.47. The van der Waals surface area contributed by atoms with Crippen LogP contribution in [0.2, 0.25) is 0 Å². The molecule has 2 aromatic rings. The van der Waals surface area contributed by atoms with Gasteiger partial charge < -0.3 is 4.74 Å². The minimum absolute atomic E-state index is 0.0988. The zero-order valence-corrected chi connectivity index (χ0v) is 17.8. The molecule has 2 unspecified atom stereocenters. The number of carbonyl (C=O) groups excluding carboxylic acids is 1. The number of hydrogen-bond donors (Lipinski definition) is 0. The monoisotopic (exact) mass is 379 g/mol. The van der Waals surface area contributed by atoms with Gasteiger partial charge in [-0.25, -0.2) is 0 Å². The zero-order valence-electron chi connectivity index (χ0n) is 17.8. The van der Waals surface area contributed by atoms with E-state index in [-0.39, 0.29) is 6.10 Å². The Morgan fingerprint density at radius 3 is 2.39 bits per heavy atom. The Labute approximate surface area is 169 Å². The van der Waals surface area contributed by atoms with E-state index in [1.807, 2.05) is 13.0 Å². The van der Waals surface area contributed by atoms with Crippen molar-refractivity contribution in [3.63, 3.8) is 0 Å². The van der Waals surface area contributed by atoms with E-state index in [1.54, 1.807) is 0 Å². The van der Waals surface area contributed by atoms with Crippen molar-refractivity contribution in [2.75, 3.05) is 13.1 Å². The highest BCUT2D eigenvalue weighted by atomic mass is 16.5. The first-order chi connectivity index (χ1) is 13.4. The van der Waals surface area contributed by atoms with E-state index in [0.717, 1.165) is 42.8 Å². The summed E-state index contributed by atoms with van der Waals surface area (Å²) < 4.78 is 6.64. The first kappa shape index (κ1) is 20.6. The fraction of sp³-hybridized carbons (Fsp3) is 0.480. The van der Waals surface area contributed by atoms with Crippen LogP contribution in [0.1, 0.15) is 60.7 Å². The van der Waals surface area contributed by atoms with Crippen LogP contribution in [-0.2, 0) is 6.54 Å². The van der Waals surface area contributed by atoms with Crippen molar-refractivity contribution < 1.29 is 9.53 Å². The van der Waals surface area contributed by atoms with Crippen molar-refractivity contribution in [1.82, 2.24) is 4.90 Å². The predicted molar refractivity (Wildman–Crippen MR) is 115 cm³/mol. The lowest BCUT2D eigenvalue weighted by Crippen LogP contribution is -2.30. The van der Waals surface area contributed by atoms with Gasteiger partial charge in [0.25, 0.3) is 0 Å². The molecule has 0 aromatic heterocycles. The molecule has 1 aliphatic rings. The summed E-state index contributed by atoms with van der Waals surface area (Å²) in [5.41, 5.74) is 4.14. The Bertz CT molecular complexity index is 798. The fourth-order valence-corrected chi connectivity index (χ4v) is 4.21. The number of carbonyl (C=O) groups is 1. The third-order valence-corrected chi connectivity index (χ3v) is 5.94. The molecule has 1 aliphatic heterocycles. The second kappa shape index (κ2) is 8.91. The number of ether oxygens (including phenoxy) is 1. The molecule has 2 aromatic carbocycles. The van der Waals surface area contributed by atoms with Crippen molar-refractivity contribution in [2.24, 2.45) is 11.8 Å². The highest BCUT2D eigenvalue weighted by Crippen LogP contribution is 2.36. The number of nitrogens with zero attached hydrogens (tertiary/aromatic N) is 1. The third kappa shape index (κ3) is 4.47. The van der Waals surface area contributed by atoms with Crippen LogP contribution in [0, 0.1) is 18.8 Å². The molecule has 3 nitrogen and oxygen atoms in total. The zero-order chi connectivity index (χ0) is 20.3. The topological polar surface area (TPSA) is 29.5 Å². The second-order valence-corrected chi connectivity index (χ2v) is 8.73. The number of rotatable bonds is 7. The van der Waals surface area contributed by atoms with Gasteiger partial charge in [-0.1, -0.05) is 70.2 Å². The van der Waals surface area contributed by atoms with Crippen molar-refractivity contribution in [1.29, 1.82) is 0 Å². The Morgan fingerprint density at radius 2 is 1.79 bits per heavy atom. The molecule has 28 heavy (non-hydrogen) atoms. The molecule has 0 aliphatic carbocycles. The van der Waals surface area contributed by atoms with Gasteiger partial charge in [0.2, 0.25) is 0 Å². The molecular weight excluding hydrogens is 346 g/mol. The van der Waals surface area contributed by atoms with Gasteiger partial charge in [-0.15, -0.1) is 0 Å². The van der Waals surface area contributed by atoms with Crippen LogP contribution in [-0.4, -0.2) is 30.4 Å². The molecule has 3 rings (SSSR count). The van der Waals surface area contributed by atoms with Gasteiger partial charge in [0.1, 0.15) is 11.9 Å². The molecule has 0 amide bonds. The van der Waals surface area contributed by atoms with Gasteiger partial charge in [-0.05, 0) is 35.4 Å². The highest BCUT2D eigenvalue weighted by molar-refractivity contribution is 5.82. The maximum Gasteiger partial charge on any atom is 0.154 e. The first-order valence-electron chi connectivity index (χ1n) is 10.4. The van der Waals surface area contributed by atoms with Gasteiger partial charge in [0, 0.05) is 25.6 Å². The Hall–Kier alpha value is -2.13. The molecule has 0 N–H and O–H groups in total. The number of aldehydes is 1. The molecule has 2 atom stereocenters. The lowest BCUT2D eigenvalue weighted by molar-refractivity contribution is 0.110. The molecule has 1 heterocycles. The summed E-state index contributed by atoms with van der Waals surface area (Å²) >= 11 is 0. The van der Waals surface area contributed by atoms with E-state index in [1.165, 1.54) is 5.56 Å². The van der Waals surface area contributed by atoms with Gasteiger partial charge in [-0.2, -0.15) is 0 Å². The SMILES string of the molecule is Cc1ccc(C(C)C)c(OC2CN(Cc3ccccc3)CC2C(C)C)c1C=O. The summed E-state index contributed by atoms with van der Waals surface area (Å²) in [6.45, 7) is 13.7. The minimum atomic E-state index is 0.0988. The molecule has 0 spiro atoms. The molecular formula is C25H33NO2. The Balaban J connectivity index is 1.86. The van der Waals surface area contributed by atoms with E-state index in [9.17, 15) is 4.79 Å². The standard InChI is InChI=1S/C25H33NO2/c1-17(2)21-12-11-19(5)23(16-27)25(21)28-24-15-26(14-22(24)18(3)4)13-20-9-7-6-8-10-20/h6-12,16-18,22,24H,13-15H2,1-5H3. The van der Waals surface area contributed by atoms with E-state index in [4.69, 9.17) is 4.74 Å². The summed E-state index contributed by atoms with van der Waals surface area (Å²) in [5, 5.41) is 0. The van der Waals surface area contributed by atoms with E-state index < -0.39 is 0 Å². The van der Waals surface area contributed by atoms with Crippen molar-refractivity contribution >= 4 is 6.29 Å². The Kier molecular flexibility index (Phi) is 6.56. The number of hydrogen-bond acceptors (Lipinski definition) is 3. The fourth-order valence-electron chi connectivity index (χ4n) is 4.21. The maximum atomic E-state index is 11.8. The van der Waals surface area contributed by atoms with Crippen LogP contribution in [0.4, 0.5) is 0 Å². The van der Waals surface area contributed by atoms with E-state index in [2.05, 4.69) is 69.0 Å². The van der Waals surface area contributed by atoms with Gasteiger partial charge in [0.15, 0.2) is 6.29 Å². The Morgan fingerprint density at radius 1 is 1.07 bits per heavy atom. The van der Waals surface area contributed by atoms with Crippen LogP contribution < -0.4 is 4.74 Å². The second-order valence-electron chi connectivity index (χ2n) is 8.73. The highest BCUT2D eigenvalue weighted by Gasteiger charge is 2.37. The van der Waals surface area contributed by atoms with Crippen LogP contribution in [0.25, 0.3) is 0 Å². The van der Waals surface area contributed by atoms with Crippen molar-refractivity contribution in [3.8, 4) is 5.75 Å². The van der Waals surface area contributed by atoms with Crippen LogP contribution >= 0.6 is 0 Å². The number of benzene rings is 2. The average Bonchev–Trinajstić information content (AvgIpc) is 3.05. The van der Waals surface area contributed by atoms with Crippen molar-refractivity contribution in [2.45, 2.75) is 53.2 Å². The largest absolute Gasteiger partial charge is 0.488 e. The minimum Gasteiger partial charge on any atom is -0.488 e. The van der Waals surface area contributed by atoms with Crippen LogP contribution in [0.3, 0.4) is 0 Å². The summed E-state index contributed by atoms with van der Waals surface area (Å²) in [6, 6.07) is 14.8. The molecule has 0 radical (unpaired) electrons. The normalized spacial score (nSPS) is 20.1. The smallest absolute Gasteiger partial charge is 0.154 e. The molecule has 0 bridgehead atoms. The van der Waals surface area contributed by atoms with E-state index in [0.29, 0.717) is 23.3 Å². The third-order valence-electron chi connectivity index (χ3n) is 5.94. The molecule has 0 saturated carbocycles. The first-order valence-corrected chi connectivity index (χ1v) is 10.4. The van der Waals surface area contributed by atoms with E-state index >= 15 is 0 Å². The molecule has 1 fully saturated rings. The summed E-state index contributed by atoms with van der Waals surface area (Å²) in [5.74, 6) is 2.08. The average molecular weight is 380 g/mol. The summed E-state index contributed by atoms with van der Waals surface area (Å²) in [4.78, 5) is 14.3. The quantitative estimate of drug-likeness (QED) is 0.598. The summed E-state index contributed by atoms with van der Waals surface area (Å²) in [7, 11) is 0. The number of likely N-dealkylation sites (tertiary alicyclic amines) is 1. The number of aryl methyl sites for hydroxylation is 1. The van der Waals surface area contributed by atoms with Crippen LogP contribution in [0.15, 0.2) is 42.5 Å².